The molecule has 0 aliphatic heterocycles. The van der Waals surface area contributed by atoms with Crippen molar-refractivity contribution < 1.29 is 30.4 Å². The molecule has 0 aliphatic rings. The van der Waals surface area contributed by atoms with Gasteiger partial charge in [-0.2, -0.15) is 8.78 Å². The Bertz CT molecular complexity index is 643. The van der Waals surface area contributed by atoms with Crippen molar-refractivity contribution in [2.24, 2.45) is 5.14 Å². The Kier molecular flexibility index (Phi) is 5.39. The number of sulfonamides is 2. The number of nitrogens with two attached hydrogens (primary N) is 1. The van der Waals surface area contributed by atoms with Crippen LogP contribution in [0.3, 0.4) is 0 Å². The molecule has 0 spiro atoms. The van der Waals surface area contributed by atoms with Crippen LogP contribution in [0.2, 0.25) is 0 Å². The zero-order valence-electron chi connectivity index (χ0n) is 9.99. The first-order valence-corrected chi connectivity index (χ1v) is 8.35. The van der Waals surface area contributed by atoms with Crippen molar-refractivity contribution in [2.45, 2.75) is 11.5 Å². The molecule has 0 saturated heterocycles. The molecular weight excluding hydrogens is 318 g/mol. The molecule has 0 aliphatic carbocycles. The van der Waals surface area contributed by atoms with Gasteiger partial charge in [0.15, 0.2) is 0 Å². The van der Waals surface area contributed by atoms with Crippen LogP contribution in [0.1, 0.15) is 0 Å². The second-order valence-corrected chi connectivity index (χ2v) is 7.12. The first-order valence-electron chi connectivity index (χ1n) is 5.15. The van der Waals surface area contributed by atoms with Gasteiger partial charge in [0.2, 0.25) is 20.0 Å². The molecule has 0 aromatic heterocycles. The van der Waals surface area contributed by atoms with Gasteiger partial charge < -0.3 is 4.74 Å². The van der Waals surface area contributed by atoms with E-state index in [2.05, 4.69) is 4.74 Å². The Morgan fingerprint density at radius 3 is 2.15 bits per heavy atom. The summed E-state index contributed by atoms with van der Waals surface area (Å²) in [7, 11) is -7.72. The van der Waals surface area contributed by atoms with Gasteiger partial charge in [-0.3, -0.25) is 0 Å². The number of hydrogen-bond donors (Lipinski definition) is 2. The second kappa shape index (κ2) is 6.43. The van der Waals surface area contributed by atoms with Crippen molar-refractivity contribution in [3.05, 3.63) is 24.3 Å². The van der Waals surface area contributed by atoms with Crippen LogP contribution in [0.25, 0.3) is 0 Å². The lowest BCUT2D eigenvalue weighted by atomic mass is 10.3. The van der Waals surface area contributed by atoms with Crippen molar-refractivity contribution in [1.29, 1.82) is 0 Å². The highest BCUT2D eigenvalue weighted by Gasteiger charge is 2.15. The minimum absolute atomic E-state index is 0.191. The lowest BCUT2D eigenvalue weighted by molar-refractivity contribution is -0.0498. The van der Waals surface area contributed by atoms with Crippen LogP contribution < -0.4 is 14.6 Å². The van der Waals surface area contributed by atoms with E-state index in [0.29, 0.717) is 0 Å². The van der Waals surface area contributed by atoms with Gasteiger partial charge in [-0.1, -0.05) is 0 Å². The Balaban J connectivity index is 2.73. The number of ether oxygens (including phenoxy) is 1. The van der Waals surface area contributed by atoms with Gasteiger partial charge in [-0.25, -0.2) is 26.7 Å². The molecule has 3 N–H and O–H groups in total. The van der Waals surface area contributed by atoms with E-state index in [0.717, 1.165) is 24.3 Å². The van der Waals surface area contributed by atoms with Gasteiger partial charge in [-0.15, -0.1) is 0 Å². The lowest BCUT2D eigenvalue weighted by Crippen LogP contribution is -2.31. The molecule has 0 unspecified atom stereocenters. The van der Waals surface area contributed by atoms with Crippen molar-refractivity contribution in [1.82, 2.24) is 4.72 Å². The van der Waals surface area contributed by atoms with Crippen molar-refractivity contribution in [3.8, 4) is 5.75 Å². The van der Waals surface area contributed by atoms with Gasteiger partial charge in [0.05, 0.1) is 10.6 Å². The Hall–Kier alpha value is -1.30. The fourth-order valence-electron chi connectivity index (χ4n) is 1.20. The van der Waals surface area contributed by atoms with Gasteiger partial charge in [-0.05, 0) is 24.3 Å². The summed E-state index contributed by atoms with van der Waals surface area (Å²) in [6.07, 6.45) is 0. The summed E-state index contributed by atoms with van der Waals surface area (Å²) in [4.78, 5) is -0.214. The van der Waals surface area contributed by atoms with Crippen LogP contribution in [0.4, 0.5) is 8.78 Å². The van der Waals surface area contributed by atoms with E-state index in [1.54, 1.807) is 0 Å². The third kappa shape index (κ3) is 5.77. The molecule has 1 aromatic rings. The summed E-state index contributed by atoms with van der Waals surface area (Å²) in [5, 5.41) is 4.72. The minimum Gasteiger partial charge on any atom is -0.435 e. The molecular formula is C9H12F2N2O5S2. The molecule has 11 heteroatoms. The van der Waals surface area contributed by atoms with Gasteiger partial charge >= 0.3 is 6.61 Å². The quantitative estimate of drug-likeness (QED) is 0.721. The SMILES string of the molecule is NS(=O)(=O)CCNS(=O)(=O)c1ccc(OC(F)F)cc1. The molecule has 0 fully saturated rings. The summed E-state index contributed by atoms with van der Waals surface area (Å²) in [6, 6.07) is 4.22. The van der Waals surface area contributed by atoms with Crippen LogP contribution in [0, 0.1) is 0 Å². The standard InChI is InChI=1S/C9H12F2N2O5S2/c10-9(11)18-7-1-3-8(4-2-7)20(16,17)13-5-6-19(12,14)15/h1-4,9,13H,5-6H2,(H2,12,14,15). The highest BCUT2D eigenvalue weighted by Crippen LogP contribution is 2.17. The zero-order chi connectivity index (χ0) is 15.4. The third-order valence-corrected chi connectivity index (χ3v) is 4.29. The van der Waals surface area contributed by atoms with Crippen molar-refractivity contribution in [3.63, 3.8) is 0 Å². The number of rotatable bonds is 7. The number of benzene rings is 1. The average Bonchev–Trinajstić information content (AvgIpc) is 2.26. The summed E-state index contributed by atoms with van der Waals surface area (Å²) in [6.45, 7) is -3.40. The van der Waals surface area contributed by atoms with E-state index in [-0.39, 0.29) is 10.6 Å². The van der Waals surface area contributed by atoms with Crippen LogP contribution in [0.15, 0.2) is 29.2 Å². The molecule has 0 radical (unpaired) electrons. The first-order chi connectivity index (χ1) is 9.10. The summed E-state index contributed by atoms with van der Waals surface area (Å²) in [5.74, 6) is -0.748. The smallest absolute Gasteiger partial charge is 0.387 e. The molecule has 0 saturated carbocycles. The topological polar surface area (TPSA) is 116 Å². The molecule has 1 aromatic carbocycles. The summed E-state index contributed by atoms with van der Waals surface area (Å²) >= 11 is 0. The fourth-order valence-corrected chi connectivity index (χ4v) is 2.75. The predicted octanol–water partition coefficient (Wildman–Crippen LogP) is -0.145. The molecule has 7 nitrogen and oxygen atoms in total. The van der Waals surface area contributed by atoms with Gasteiger partial charge in [0.25, 0.3) is 0 Å². The van der Waals surface area contributed by atoms with E-state index in [4.69, 9.17) is 5.14 Å². The highest BCUT2D eigenvalue weighted by atomic mass is 32.2. The highest BCUT2D eigenvalue weighted by molar-refractivity contribution is 7.90. The van der Waals surface area contributed by atoms with E-state index in [1.807, 2.05) is 4.72 Å². The number of halogens is 2. The monoisotopic (exact) mass is 330 g/mol. The fraction of sp³-hybridized carbons (Fsp3) is 0.333. The van der Waals surface area contributed by atoms with Gasteiger partial charge in [0.1, 0.15) is 5.75 Å². The second-order valence-electron chi connectivity index (χ2n) is 3.61. The number of alkyl halides is 2. The summed E-state index contributed by atoms with van der Waals surface area (Å²) in [5.41, 5.74) is 0. The van der Waals surface area contributed by atoms with Crippen LogP contribution >= 0.6 is 0 Å². The van der Waals surface area contributed by atoms with E-state index in [9.17, 15) is 25.6 Å². The maximum Gasteiger partial charge on any atom is 0.387 e. The number of hydrogen-bond acceptors (Lipinski definition) is 5. The summed E-state index contributed by atoms with van der Waals surface area (Å²) < 4.78 is 74.6. The number of nitrogens with one attached hydrogen (secondary N) is 1. The van der Waals surface area contributed by atoms with Crippen LogP contribution in [0.5, 0.6) is 5.75 Å². The van der Waals surface area contributed by atoms with E-state index < -0.39 is 39.0 Å². The largest absolute Gasteiger partial charge is 0.435 e. The predicted molar refractivity (Wildman–Crippen MR) is 66.2 cm³/mol. The molecule has 114 valence electrons. The molecule has 0 amide bonds. The molecule has 0 bridgehead atoms. The van der Waals surface area contributed by atoms with Gasteiger partial charge in [0, 0.05) is 6.54 Å². The average molecular weight is 330 g/mol. The van der Waals surface area contributed by atoms with E-state index >= 15 is 0 Å². The van der Waals surface area contributed by atoms with Crippen LogP contribution in [-0.2, 0) is 20.0 Å². The maximum absolute atomic E-state index is 11.9. The Morgan fingerprint density at radius 2 is 1.70 bits per heavy atom. The zero-order valence-corrected chi connectivity index (χ0v) is 11.6. The Labute approximate surface area is 114 Å². The normalized spacial score (nSPS) is 12.6. The number of primary sulfonamides is 1. The van der Waals surface area contributed by atoms with Crippen LogP contribution in [-0.4, -0.2) is 35.7 Å². The Morgan fingerprint density at radius 1 is 1.15 bits per heavy atom. The molecule has 1 rings (SSSR count). The van der Waals surface area contributed by atoms with Crippen molar-refractivity contribution in [2.75, 3.05) is 12.3 Å². The molecule has 20 heavy (non-hydrogen) atoms. The lowest BCUT2D eigenvalue weighted by Gasteiger charge is -2.08. The molecule has 0 heterocycles. The first kappa shape index (κ1) is 16.8. The maximum atomic E-state index is 11.9. The third-order valence-electron chi connectivity index (χ3n) is 2.04. The molecule has 0 atom stereocenters. The van der Waals surface area contributed by atoms with E-state index in [1.165, 1.54) is 0 Å². The minimum atomic E-state index is -3.94. The van der Waals surface area contributed by atoms with Crippen molar-refractivity contribution >= 4 is 20.0 Å².